The van der Waals surface area contributed by atoms with Crippen LogP contribution < -0.4 is 0 Å². The minimum Gasteiger partial charge on any atom is -0.359 e. The third-order valence-electron chi connectivity index (χ3n) is 1.86. The van der Waals surface area contributed by atoms with Gasteiger partial charge in [0.2, 0.25) is 0 Å². The van der Waals surface area contributed by atoms with E-state index in [1.54, 1.807) is 12.3 Å². The largest absolute Gasteiger partial charge is 0.359 e. The van der Waals surface area contributed by atoms with E-state index in [1.807, 2.05) is 6.92 Å². The second kappa shape index (κ2) is 3.39. The third-order valence-corrected chi connectivity index (χ3v) is 1.86. The van der Waals surface area contributed by atoms with Gasteiger partial charge < -0.3 is 4.98 Å². The molecule has 0 aliphatic rings. The molecule has 0 aromatic carbocycles. The van der Waals surface area contributed by atoms with E-state index in [0.29, 0.717) is 5.69 Å². The zero-order chi connectivity index (χ0) is 9.14. The molecule has 0 amide bonds. The highest BCUT2D eigenvalue weighted by molar-refractivity contribution is 5.68. The van der Waals surface area contributed by atoms with Gasteiger partial charge in [-0.3, -0.25) is 0 Å². The highest BCUT2D eigenvalue weighted by Crippen LogP contribution is 2.22. The lowest BCUT2D eigenvalue weighted by molar-refractivity contribution is 0.757. The lowest BCUT2D eigenvalue weighted by Gasteiger charge is -1.96. The summed E-state index contributed by atoms with van der Waals surface area (Å²) >= 11 is 0. The van der Waals surface area contributed by atoms with Crippen molar-refractivity contribution in [2.24, 2.45) is 0 Å². The van der Waals surface area contributed by atoms with Gasteiger partial charge in [-0.15, -0.1) is 0 Å². The first-order valence-electron chi connectivity index (χ1n) is 3.88. The topological polar surface area (TPSA) is 15.8 Å². The lowest BCUT2D eigenvalue weighted by Crippen LogP contribution is -1.83. The molecule has 0 saturated carbocycles. The van der Waals surface area contributed by atoms with Crippen LogP contribution >= 0.6 is 0 Å². The van der Waals surface area contributed by atoms with Gasteiger partial charge in [-0.2, -0.15) is 0 Å². The maximum absolute atomic E-state index is 12.8. The minimum atomic E-state index is -0.440. The molecule has 0 fully saturated rings. The van der Waals surface area contributed by atoms with Gasteiger partial charge in [-0.25, -0.2) is 4.39 Å². The molecule has 12 heavy (non-hydrogen) atoms. The van der Waals surface area contributed by atoms with Crippen molar-refractivity contribution in [2.75, 3.05) is 0 Å². The van der Waals surface area contributed by atoms with Crippen LogP contribution in [-0.4, -0.2) is 4.98 Å². The molecule has 1 aromatic rings. The molecule has 1 aromatic heterocycles. The van der Waals surface area contributed by atoms with Crippen molar-refractivity contribution in [2.45, 2.75) is 13.3 Å². The van der Waals surface area contributed by atoms with E-state index >= 15 is 0 Å². The van der Waals surface area contributed by atoms with E-state index in [9.17, 15) is 4.39 Å². The highest BCUT2D eigenvalue weighted by atomic mass is 19.1. The van der Waals surface area contributed by atoms with Crippen molar-refractivity contribution in [3.05, 3.63) is 36.2 Å². The summed E-state index contributed by atoms with van der Waals surface area (Å²) in [7, 11) is 0. The fraction of sp³-hybridized carbons (Fsp3) is 0.200. The molecular formula is C10H12FN. The number of aromatic nitrogens is 1. The molecule has 1 N–H and O–H groups in total. The van der Waals surface area contributed by atoms with Gasteiger partial charge in [0.25, 0.3) is 0 Å². The van der Waals surface area contributed by atoms with Gasteiger partial charge >= 0.3 is 0 Å². The van der Waals surface area contributed by atoms with Gasteiger partial charge in [0, 0.05) is 11.8 Å². The van der Waals surface area contributed by atoms with Gasteiger partial charge in [-0.1, -0.05) is 26.2 Å². The first-order chi connectivity index (χ1) is 5.70. The minimum absolute atomic E-state index is 0.440. The molecule has 1 rings (SSSR count). The van der Waals surface area contributed by atoms with E-state index in [1.165, 1.54) is 0 Å². The van der Waals surface area contributed by atoms with E-state index in [4.69, 9.17) is 0 Å². The number of H-pyrrole nitrogens is 1. The van der Waals surface area contributed by atoms with E-state index in [0.717, 1.165) is 17.5 Å². The Kier molecular flexibility index (Phi) is 2.48. The first-order valence-corrected chi connectivity index (χ1v) is 3.88. The molecule has 0 bridgehead atoms. The predicted molar refractivity (Wildman–Crippen MR) is 50.4 cm³/mol. The zero-order valence-corrected chi connectivity index (χ0v) is 7.15. The molecule has 0 atom stereocenters. The highest BCUT2D eigenvalue weighted by Gasteiger charge is 2.08. The monoisotopic (exact) mass is 165 g/mol. The van der Waals surface area contributed by atoms with Crippen molar-refractivity contribution in [3.8, 4) is 0 Å². The van der Waals surface area contributed by atoms with E-state index in [2.05, 4.69) is 18.1 Å². The molecule has 0 aliphatic carbocycles. The zero-order valence-electron chi connectivity index (χ0n) is 7.15. The molecule has 0 unspecified atom stereocenters. The van der Waals surface area contributed by atoms with Gasteiger partial charge in [0.05, 0.1) is 5.69 Å². The fourth-order valence-corrected chi connectivity index (χ4v) is 1.23. The van der Waals surface area contributed by atoms with Crippen LogP contribution in [0.3, 0.4) is 0 Å². The maximum Gasteiger partial charge on any atom is 0.140 e. The number of aryl methyl sites for hydroxylation is 1. The van der Waals surface area contributed by atoms with Crippen LogP contribution in [0.1, 0.15) is 23.7 Å². The summed E-state index contributed by atoms with van der Waals surface area (Å²) in [6, 6.07) is 0. The fourth-order valence-electron chi connectivity index (χ4n) is 1.23. The summed E-state index contributed by atoms with van der Waals surface area (Å²) in [5.41, 5.74) is 2.34. The average Bonchev–Trinajstić information content (AvgIpc) is 2.46. The standard InChI is InChI=1S/C10H12FN/c1-4-8-6-12-10(7(3)11)9(8)5-2/h5-6,12H,2-4H2,1H3. The molecule has 1 nitrogen and oxygen atoms in total. The smallest absolute Gasteiger partial charge is 0.140 e. The summed E-state index contributed by atoms with van der Waals surface area (Å²) in [5, 5.41) is 0. The van der Waals surface area contributed by atoms with Gasteiger partial charge in [-0.05, 0) is 12.0 Å². The second-order valence-corrected chi connectivity index (χ2v) is 2.57. The molecule has 1 heterocycles. The molecule has 0 saturated heterocycles. The number of aromatic amines is 1. The Labute approximate surface area is 71.6 Å². The predicted octanol–water partition coefficient (Wildman–Crippen LogP) is 3.16. The van der Waals surface area contributed by atoms with Crippen LogP contribution in [0.25, 0.3) is 11.9 Å². The normalized spacial score (nSPS) is 9.83. The summed E-state index contributed by atoms with van der Waals surface area (Å²) in [6.07, 6.45) is 4.30. The Balaban J connectivity index is 3.22. The lowest BCUT2D eigenvalue weighted by atomic mass is 10.1. The molecule has 0 aliphatic heterocycles. The number of halogens is 1. The number of hydrogen-bond donors (Lipinski definition) is 1. The Morgan fingerprint density at radius 1 is 1.75 bits per heavy atom. The van der Waals surface area contributed by atoms with Gasteiger partial charge in [0.15, 0.2) is 0 Å². The summed E-state index contributed by atoms with van der Waals surface area (Å²) in [6.45, 7) is 8.88. The molecule has 2 heteroatoms. The Bertz CT molecular complexity index is 310. The number of hydrogen-bond acceptors (Lipinski definition) is 0. The molecular weight excluding hydrogens is 153 g/mol. The third kappa shape index (κ3) is 1.33. The second-order valence-electron chi connectivity index (χ2n) is 2.57. The van der Waals surface area contributed by atoms with Crippen molar-refractivity contribution in [3.63, 3.8) is 0 Å². The van der Waals surface area contributed by atoms with Crippen molar-refractivity contribution >= 4 is 11.9 Å². The SMILES string of the molecule is C=Cc1c(CC)c[nH]c1C(=C)F. The van der Waals surface area contributed by atoms with Crippen LogP contribution in [0.4, 0.5) is 4.39 Å². The Hall–Kier alpha value is -1.31. The van der Waals surface area contributed by atoms with Crippen LogP contribution in [0, 0.1) is 0 Å². The molecule has 0 spiro atoms. The quantitative estimate of drug-likeness (QED) is 0.708. The maximum atomic E-state index is 12.8. The van der Waals surface area contributed by atoms with E-state index in [-0.39, 0.29) is 0 Å². The molecule has 0 radical (unpaired) electrons. The van der Waals surface area contributed by atoms with Crippen molar-refractivity contribution < 1.29 is 4.39 Å². The van der Waals surface area contributed by atoms with Crippen LogP contribution in [0.2, 0.25) is 0 Å². The Morgan fingerprint density at radius 2 is 2.42 bits per heavy atom. The Morgan fingerprint density at radius 3 is 2.83 bits per heavy atom. The summed E-state index contributed by atoms with van der Waals surface area (Å²) in [5.74, 6) is -0.440. The molecule has 64 valence electrons. The van der Waals surface area contributed by atoms with Crippen LogP contribution in [0.5, 0.6) is 0 Å². The summed E-state index contributed by atoms with van der Waals surface area (Å²) < 4.78 is 12.8. The van der Waals surface area contributed by atoms with Gasteiger partial charge in [0.1, 0.15) is 5.83 Å². The summed E-state index contributed by atoms with van der Waals surface area (Å²) in [4.78, 5) is 2.83. The average molecular weight is 165 g/mol. The van der Waals surface area contributed by atoms with Crippen LogP contribution in [0.15, 0.2) is 19.4 Å². The van der Waals surface area contributed by atoms with Crippen LogP contribution in [-0.2, 0) is 6.42 Å². The van der Waals surface area contributed by atoms with E-state index < -0.39 is 5.83 Å². The number of rotatable bonds is 3. The van der Waals surface area contributed by atoms with Crippen molar-refractivity contribution in [1.82, 2.24) is 4.98 Å². The number of nitrogens with one attached hydrogen (secondary N) is 1. The first kappa shape index (κ1) is 8.78. The van der Waals surface area contributed by atoms with Crippen molar-refractivity contribution in [1.29, 1.82) is 0 Å².